The van der Waals surface area contributed by atoms with Gasteiger partial charge in [0.25, 0.3) is 0 Å². The maximum absolute atomic E-state index is 13.2. The highest BCUT2D eigenvalue weighted by Gasteiger charge is 2.24. The quantitative estimate of drug-likeness (QED) is 0.0580. The van der Waals surface area contributed by atoms with E-state index in [-0.39, 0.29) is 0 Å². The van der Waals surface area contributed by atoms with E-state index >= 15 is 0 Å². The molecule has 0 amide bonds. The molecule has 2 aliphatic rings. The third kappa shape index (κ3) is 11.3. The number of esters is 2. The van der Waals surface area contributed by atoms with Gasteiger partial charge in [0.1, 0.15) is 11.5 Å². The van der Waals surface area contributed by atoms with Crippen molar-refractivity contribution in [1.29, 1.82) is 0 Å². The molecule has 8 heteroatoms. The Morgan fingerprint density at radius 1 is 0.417 bits per heavy atom. The topological polar surface area (TPSA) is 102 Å². The summed E-state index contributed by atoms with van der Waals surface area (Å²) in [6.45, 7) is 4.55. The predicted octanol–water partition coefficient (Wildman–Crippen LogP) is 19.1. The Kier molecular flexibility index (Phi) is 15.1. The van der Waals surface area contributed by atoms with Crippen molar-refractivity contribution in [3.8, 4) is 22.6 Å². The number of carbonyl (C=O) groups is 2. The summed E-state index contributed by atoms with van der Waals surface area (Å²) < 4.78 is 11.6. The molecule has 2 saturated carbocycles. The highest BCUT2D eigenvalue weighted by atomic mass is 16.5. The Labute approximate surface area is 423 Å². The van der Waals surface area contributed by atoms with Crippen molar-refractivity contribution in [1.82, 2.24) is 0 Å². The Bertz CT molecular complexity index is 2980. The van der Waals surface area contributed by atoms with Gasteiger partial charge in [-0.2, -0.15) is 10.2 Å². The molecule has 8 aromatic rings. The van der Waals surface area contributed by atoms with Crippen LogP contribution in [-0.2, 0) is 0 Å². The van der Waals surface area contributed by atoms with Gasteiger partial charge in [-0.1, -0.05) is 124 Å². The molecule has 0 saturated heterocycles. The van der Waals surface area contributed by atoms with Crippen LogP contribution in [0.3, 0.4) is 0 Å². The lowest BCUT2D eigenvalue weighted by Crippen LogP contribution is -2.13. The number of rotatable bonds is 15. The summed E-state index contributed by atoms with van der Waals surface area (Å²) in [5, 5.41) is 23.2. The minimum Gasteiger partial charge on any atom is -0.423 e. The van der Waals surface area contributed by atoms with E-state index in [1.165, 1.54) is 88.2 Å². The zero-order valence-electron chi connectivity index (χ0n) is 41.4. The summed E-state index contributed by atoms with van der Waals surface area (Å²) in [5.74, 6) is 2.91. The average Bonchev–Trinajstić information content (AvgIpc) is 3.43. The molecule has 2 fully saturated rings. The summed E-state index contributed by atoms with van der Waals surface area (Å²) in [4.78, 5) is 26.4. The van der Waals surface area contributed by atoms with E-state index < -0.39 is 11.9 Å². The minimum atomic E-state index is -0.393. The normalized spacial score (nSPS) is 18.2. The first-order valence-electron chi connectivity index (χ1n) is 26.1. The molecule has 0 aliphatic heterocycles. The fraction of sp³-hybridized carbons (Fsp3) is 0.281. The molecule has 0 heterocycles. The first kappa shape index (κ1) is 48.1. The van der Waals surface area contributed by atoms with Crippen LogP contribution in [0.15, 0.2) is 190 Å². The van der Waals surface area contributed by atoms with Gasteiger partial charge in [-0.15, -0.1) is 10.2 Å². The second kappa shape index (κ2) is 22.7. The number of benzene rings is 8. The zero-order chi connectivity index (χ0) is 49.2. The van der Waals surface area contributed by atoms with E-state index in [2.05, 4.69) is 74.5 Å². The van der Waals surface area contributed by atoms with Gasteiger partial charge in [0, 0.05) is 11.1 Å². The lowest BCUT2D eigenvalue weighted by atomic mass is 9.77. The van der Waals surface area contributed by atoms with Crippen molar-refractivity contribution in [3.63, 3.8) is 0 Å². The number of carbonyl (C=O) groups excluding carboxylic acids is 2. The van der Waals surface area contributed by atoms with Gasteiger partial charge in [0.15, 0.2) is 0 Å². The molecule has 10 rings (SSSR count). The first-order chi connectivity index (χ1) is 35.4. The van der Waals surface area contributed by atoms with Gasteiger partial charge < -0.3 is 9.47 Å². The predicted molar refractivity (Wildman–Crippen MR) is 290 cm³/mol. The second-order valence-electron chi connectivity index (χ2n) is 19.8. The number of hydrogen-bond donors (Lipinski definition) is 0. The largest absolute Gasteiger partial charge is 0.423 e. The van der Waals surface area contributed by atoms with E-state index in [1.807, 2.05) is 60.7 Å². The van der Waals surface area contributed by atoms with Gasteiger partial charge in [-0.05, 0) is 193 Å². The van der Waals surface area contributed by atoms with Crippen molar-refractivity contribution >= 4 is 56.2 Å². The van der Waals surface area contributed by atoms with E-state index in [9.17, 15) is 9.59 Å². The van der Waals surface area contributed by atoms with Crippen LogP contribution in [0.2, 0.25) is 0 Å². The molecule has 0 spiro atoms. The number of fused-ring (bicyclic) bond motifs is 2. The standard InChI is InChI=1S/C64H62N4O4/c1-3-9-43-15-19-45(20-16-43)47-23-27-51(28-24-47)63(69)71-55-37-33-53(34-38-55)65-67-59-41-31-49-11-5-7-13-57(49)61(59)62-58-14-8-6-12-50(58)32-42-60(62)68-66-54-35-39-56(40-36-54)72-64(70)52-29-25-48(26-30-52)46-21-17-44(10-4-2)18-22-46/h5-8,11-14,23-46H,3-4,9-10,15-22H2,1-2H3/t43-,44-,45-,46-. The monoisotopic (exact) mass is 950 g/mol. The number of hydrogen-bond acceptors (Lipinski definition) is 8. The van der Waals surface area contributed by atoms with Gasteiger partial charge in [0.05, 0.1) is 33.9 Å². The Balaban J connectivity index is 0.843. The van der Waals surface area contributed by atoms with Crippen molar-refractivity contribution in [2.75, 3.05) is 0 Å². The van der Waals surface area contributed by atoms with Crippen molar-refractivity contribution in [3.05, 3.63) is 192 Å². The van der Waals surface area contributed by atoms with Gasteiger partial charge in [0.2, 0.25) is 0 Å². The lowest BCUT2D eigenvalue weighted by molar-refractivity contribution is 0.0725. The maximum Gasteiger partial charge on any atom is 0.343 e. The highest BCUT2D eigenvalue weighted by Crippen LogP contribution is 2.47. The summed E-state index contributed by atoms with van der Waals surface area (Å²) in [7, 11) is 0. The molecule has 8 nitrogen and oxygen atoms in total. The highest BCUT2D eigenvalue weighted by molar-refractivity contribution is 6.12. The molecule has 0 aromatic heterocycles. The van der Waals surface area contributed by atoms with E-state index in [0.717, 1.165) is 44.5 Å². The fourth-order valence-electron chi connectivity index (χ4n) is 11.1. The number of nitrogens with zero attached hydrogens (tertiary/aromatic N) is 4. The second-order valence-corrected chi connectivity index (χ2v) is 19.8. The van der Waals surface area contributed by atoms with Gasteiger partial charge >= 0.3 is 11.9 Å². The number of ether oxygens (including phenoxy) is 2. The molecule has 72 heavy (non-hydrogen) atoms. The van der Waals surface area contributed by atoms with Crippen LogP contribution < -0.4 is 9.47 Å². The molecule has 2 aliphatic carbocycles. The molecular weight excluding hydrogens is 889 g/mol. The first-order valence-corrected chi connectivity index (χ1v) is 26.1. The third-order valence-electron chi connectivity index (χ3n) is 15.0. The summed E-state index contributed by atoms with van der Waals surface area (Å²) >= 11 is 0. The SMILES string of the molecule is CCC[C@H]1CC[C@H](c2ccc(C(=O)Oc3ccc(N=Nc4ccc5ccccc5c4-c4c(N=Nc5ccc(OC(=O)c6ccc([C@H]7CC[C@H](CCC)CC7)cc6)cc5)ccc5ccccc45)cc3)cc2)CC1. The van der Waals surface area contributed by atoms with E-state index in [0.29, 0.717) is 57.2 Å². The molecule has 362 valence electrons. The summed E-state index contributed by atoms with van der Waals surface area (Å²) in [5.41, 5.74) is 7.94. The van der Waals surface area contributed by atoms with Crippen LogP contribution in [0.1, 0.15) is 135 Å². The van der Waals surface area contributed by atoms with Gasteiger partial charge in [-0.25, -0.2) is 9.59 Å². The third-order valence-corrected chi connectivity index (χ3v) is 15.0. The fourth-order valence-corrected chi connectivity index (χ4v) is 11.1. The molecule has 0 bridgehead atoms. The van der Waals surface area contributed by atoms with Crippen LogP contribution in [0.25, 0.3) is 32.7 Å². The smallest absolute Gasteiger partial charge is 0.343 e. The van der Waals surface area contributed by atoms with E-state index in [1.54, 1.807) is 48.5 Å². The van der Waals surface area contributed by atoms with Crippen molar-refractivity contribution in [2.24, 2.45) is 32.3 Å². The summed E-state index contributed by atoms with van der Waals surface area (Å²) in [6.07, 6.45) is 15.2. The molecular formula is C64H62N4O4. The molecule has 0 atom stereocenters. The molecule has 0 unspecified atom stereocenters. The van der Waals surface area contributed by atoms with Crippen LogP contribution in [0.5, 0.6) is 11.5 Å². The Hall–Kier alpha value is -7.58. The number of azo groups is 2. The maximum atomic E-state index is 13.2. The average molecular weight is 951 g/mol. The van der Waals surface area contributed by atoms with E-state index in [4.69, 9.17) is 29.9 Å². The lowest BCUT2D eigenvalue weighted by Gasteiger charge is -2.28. The zero-order valence-corrected chi connectivity index (χ0v) is 41.4. The van der Waals surface area contributed by atoms with Crippen LogP contribution in [0.4, 0.5) is 22.7 Å². The minimum absolute atomic E-state index is 0.393. The Morgan fingerprint density at radius 2 is 0.792 bits per heavy atom. The van der Waals surface area contributed by atoms with Crippen LogP contribution >= 0.6 is 0 Å². The molecule has 8 aromatic carbocycles. The van der Waals surface area contributed by atoms with Crippen LogP contribution in [0, 0.1) is 11.8 Å². The van der Waals surface area contributed by atoms with Crippen molar-refractivity contribution in [2.45, 2.75) is 103 Å². The van der Waals surface area contributed by atoms with Gasteiger partial charge in [-0.3, -0.25) is 0 Å². The molecule has 0 N–H and O–H groups in total. The van der Waals surface area contributed by atoms with Crippen LogP contribution in [-0.4, -0.2) is 11.9 Å². The summed E-state index contributed by atoms with van der Waals surface area (Å²) in [6, 6.07) is 54.6. The Morgan fingerprint density at radius 3 is 1.17 bits per heavy atom. The van der Waals surface area contributed by atoms with Crippen molar-refractivity contribution < 1.29 is 19.1 Å². The molecule has 0 radical (unpaired) electrons.